The van der Waals surface area contributed by atoms with Gasteiger partial charge in [0, 0.05) is 36.8 Å². The lowest BCUT2D eigenvalue weighted by molar-refractivity contribution is -0.127. The van der Waals surface area contributed by atoms with Crippen molar-refractivity contribution < 1.29 is 22.3 Å². The maximum atomic E-state index is 14.0. The molecule has 3 aromatic rings. The number of nitrogens with one attached hydrogen (secondary N) is 2. The Labute approximate surface area is 235 Å². The molecule has 5 rings (SSSR count). The summed E-state index contributed by atoms with van der Waals surface area (Å²) in [7, 11) is -2.24. The average Bonchev–Trinajstić information content (AvgIpc) is 2.98. The Bertz CT molecular complexity index is 1430. The van der Waals surface area contributed by atoms with Gasteiger partial charge in [0.2, 0.25) is 15.9 Å². The number of sulfonamides is 1. The molecule has 0 spiro atoms. The first-order chi connectivity index (χ1) is 19.3. The molecule has 1 amide bonds. The predicted octanol–water partition coefficient (Wildman–Crippen LogP) is 4.77. The number of nitrogens with zero attached hydrogens (tertiary/aromatic N) is 1. The van der Waals surface area contributed by atoms with E-state index in [4.69, 9.17) is 4.74 Å². The van der Waals surface area contributed by atoms with Crippen LogP contribution in [-0.2, 0) is 27.7 Å². The molecule has 0 bridgehead atoms. The number of amides is 1. The van der Waals surface area contributed by atoms with Crippen LogP contribution in [0.2, 0.25) is 0 Å². The Morgan fingerprint density at radius 2 is 1.85 bits per heavy atom. The molecule has 1 heterocycles. The second kappa shape index (κ2) is 12.5. The van der Waals surface area contributed by atoms with Gasteiger partial charge in [-0.1, -0.05) is 24.3 Å². The molecule has 2 aromatic carbocycles. The molecule has 0 radical (unpaired) electrons. The highest BCUT2D eigenvalue weighted by atomic mass is 32.2. The Morgan fingerprint density at radius 3 is 2.58 bits per heavy atom. The molecular formula is C31H36FN3O4S. The first kappa shape index (κ1) is 28.2. The van der Waals surface area contributed by atoms with E-state index < -0.39 is 15.8 Å². The normalized spacial score (nSPS) is 22.8. The van der Waals surface area contributed by atoms with Crippen LogP contribution in [0.1, 0.15) is 54.7 Å². The number of hydrogen-bond donors (Lipinski definition) is 2. The minimum absolute atomic E-state index is 0.0129. The second-order valence-corrected chi connectivity index (χ2v) is 12.6. The molecule has 1 fully saturated rings. The van der Waals surface area contributed by atoms with Crippen molar-refractivity contribution in [1.82, 2.24) is 15.0 Å². The van der Waals surface area contributed by atoms with Gasteiger partial charge in [0.05, 0.1) is 7.11 Å². The van der Waals surface area contributed by atoms with Crippen molar-refractivity contribution in [3.05, 3.63) is 89.5 Å². The van der Waals surface area contributed by atoms with Crippen molar-refractivity contribution in [1.29, 1.82) is 0 Å². The summed E-state index contributed by atoms with van der Waals surface area (Å²) >= 11 is 0. The number of fused-ring (bicyclic) bond motifs is 1. The van der Waals surface area contributed by atoms with Crippen molar-refractivity contribution in [3.63, 3.8) is 0 Å². The summed E-state index contributed by atoms with van der Waals surface area (Å²) in [5.41, 5.74) is 3.64. The lowest BCUT2D eigenvalue weighted by Gasteiger charge is -2.36. The molecule has 9 heteroatoms. The van der Waals surface area contributed by atoms with E-state index in [1.54, 1.807) is 13.3 Å². The maximum Gasteiger partial charge on any atom is 0.243 e. The number of benzene rings is 2. The SMILES string of the molecule is COc1ccc2c(c1)CC[C@@H](NC(=O)C1CCC(CNS(=O)(=O)c3ccccc3F)CC1)[C@H]2Cc1cccnc1. The zero-order valence-corrected chi connectivity index (χ0v) is 23.5. The van der Waals surface area contributed by atoms with E-state index >= 15 is 0 Å². The Morgan fingerprint density at radius 1 is 1.05 bits per heavy atom. The number of rotatable bonds is 9. The Hall–Kier alpha value is -3.30. The van der Waals surface area contributed by atoms with E-state index in [0.29, 0.717) is 12.8 Å². The summed E-state index contributed by atoms with van der Waals surface area (Å²) < 4.78 is 47.1. The molecule has 40 heavy (non-hydrogen) atoms. The Balaban J connectivity index is 1.19. The zero-order valence-electron chi connectivity index (χ0n) is 22.7. The minimum atomic E-state index is -3.92. The molecule has 2 aliphatic carbocycles. The molecule has 0 aliphatic heterocycles. The molecule has 2 atom stereocenters. The van der Waals surface area contributed by atoms with E-state index in [2.05, 4.69) is 33.2 Å². The van der Waals surface area contributed by atoms with Crippen molar-refractivity contribution in [2.75, 3.05) is 13.7 Å². The van der Waals surface area contributed by atoms with Crippen LogP contribution in [0, 0.1) is 17.7 Å². The van der Waals surface area contributed by atoms with Crippen molar-refractivity contribution in [2.24, 2.45) is 11.8 Å². The maximum absolute atomic E-state index is 14.0. The van der Waals surface area contributed by atoms with Crippen molar-refractivity contribution in [3.8, 4) is 5.75 Å². The predicted molar refractivity (Wildman–Crippen MR) is 151 cm³/mol. The van der Waals surface area contributed by atoms with Gasteiger partial charge in [-0.15, -0.1) is 0 Å². The number of aromatic nitrogens is 1. The first-order valence-corrected chi connectivity index (χ1v) is 15.4. The summed E-state index contributed by atoms with van der Waals surface area (Å²) in [5.74, 6) is 0.294. The van der Waals surface area contributed by atoms with Gasteiger partial charge in [-0.05, 0) is 97.9 Å². The highest BCUT2D eigenvalue weighted by Gasteiger charge is 2.34. The topological polar surface area (TPSA) is 97.4 Å². The van der Waals surface area contributed by atoms with E-state index in [1.165, 1.54) is 29.3 Å². The van der Waals surface area contributed by atoms with Crippen LogP contribution in [0.15, 0.2) is 71.9 Å². The van der Waals surface area contributed by atoms with E-state index in [-0.39, 0.29) is 41.1 Å². The molecular weight excluding hydrogens is 529 g/mol. The third-order valence-corrected chi connectivity index (χ3v) is 9.83. The standard InChI is InChI=1S/C31H36FN3O4S/c1-39-25-13-14-26-24(18-25)12-15-29(27(26)17-22-5-4-16-33-19-22)35-31(36)23-10-8-21(9-11-23)20-34-40(37,38)30-7-3-2-6-28(30)32/h2-7,13-14,16,18-19,21,23,27,29,34H,8-12,15,17,20H2,1H3,(H,35,36)/t21?,23?,27-,29+/m0/s1. The minimum Gasteiger partial charge on any atom is -0.497 e. The van der Waals surface area contributed by atoms with E-state index in [9.17, 15) is 17.6 Å². The average molecular weight is 566 g/mol. The second-order valence-electron chi connectivity index (χ2n) is 10.9. The van der Waals surface area contributed by atoms with Gasteiger partial charge in [0.25, 0.3) is 0 Å². The monoisotopic (exact) mass is 565 g/mol. The van der Waals surface area contributed by atoms with Gasteiger partial charge in [-0.25, -0.2) is 17.5 Å². The van der Waals surface area contributed by atoms with Gasteiger partial charge in [-0.2, -0.15) is 0 Å². The fourth-order valence-corrected chi connectivity index (χ4v) is 7.30. The van der Waals surface area contributed by atoms with Crippen LogP contribution >= 0.6 is 0 Å². The summed E-state index contributed by atoms with van der Waals surface area (Å²) in [6, 6.07) is 15.6. The van der Waals surface area contributed by atoms with Crippen LogP contribution in [0.3, 0.4) is 0 Å². The lowest BCUT2D eigenvalue weighted by atomic mass is 9.75. The van der Waals surface area contributed by atoms with Crippen LogP contribution in [0.25, 0.3) is 0 Å². The summed E-state index contributed by atoms with van der Waals surface area (Å²) in [6.07, 6.45) is 9.04. The highest BCUT2D eigenvalue weighted by Crippen LogP contribution is 2.37. The van der Waals surface area contributed by atoms with Gasteiger partial charge in [-0.3, -0.25) is 9.78 Å². The molecule has 7 nitrogen and oxygen atoms in total. The number of pyridine rings is 1. The van der Waals surface area contributed by atoms with Crippen molar-refractivity contribution in [2.45, 2.75) is 61.8 Å². The number of carbonyl (C=O) groups excluding carboxylic acids is 1. The van der Waals surface area contributed by atoms with Gasteiger partial charge in [0.1, 0.15) is 16.5 Å². The number of aryl methyl sites for hydroxylation is 1. The smallest absolute Gasteiger partial charge is 0.243 e. The third-order valence-electron chi connectivity index (χ3n) is 8.37. The number of carbonyl (C=O) groups is 1. The van der Waals surface area contributed by atoms with Gasteiger partial charge in [0.15, 0.2) is 0 Å². The number of ether oxygens (including phenoxy) is 1. The molecule has 212 valence electrons. The molecule has 1 saturated carbocycles. The van der Waals surface area contributed by atoms with E-state index in [1.807, 2.05) is 18.3 Å². The van der Waals surface area contributed by atoms with E-state index in [0.717, 1.165) is 49.5 Å². The molecule has 2 aliphatic rings. The van der Waals surface area contributed by atoms with Crippen LogP contribution in [0.4, 0.5) is 4.39 Å². The quantitative estimate of drug-likeness (QED) is 0.390. The summed E-state index contributed by atoms with van der Waals surface area (Å²) in [5, 5.41) is 3.38. The third kappa shape index (κ3) is 6.53. The van der Waals surface area contributed by atoms with Gasteiger partial charge < -0.3 is 10.1 Å². The zero-order chi connectivity index (χ0) is 28.1. The van der Waals surface area contributed by atoms with Crippen LogP contribution in [0.5, 0.6) is 5.75 Å². The largest absolute Gasteiger partial charge is 0.497 e. The van der Waals surface area contributed by atoms with Crippen molar-refractivity contribution >= 4 is 15.9 Å². The fraction of sp³-hybridized carbons (Fsp3) is 0.419. The molecule has 0 unspecified atom stereocenters. The fourth-order valence-electron chi connectivity index (χ4n) is 6.11. The number of halogens is 1. The van der Waals surface area contributed by atoms with Crippen LogP contribution < -0.4 is 14.8 Å². The summed E-state index contributed by atoms with van der Waals surface area (Å²) in [4.78, 5) is 17.4. The molecule has 1 aromatic heterocycles. The molecule has 2 N–H and O–H groups in total. The number of hydrogen-bond acceptors (Lipinski definition) is 5. The molecule has 0 saturated heterocycles. The Kier molecular flexibility index (Phi) is 8.81. The first-order valence-electron chi connectivity index (χ1n) is 13.9. The van der Waals surface area contributed by atoms with Gasteiger partial charge >= 0.3 is 0 Å². The summed E-state index contributed by atoms with van der Waals surface area (Å²) in [6.45, 7) is 0.237. The number of methoxy groups -OCH3 is 1. The van der Waals surface area contributed by atoms with Crippen LogP contribution in [-0.4, -0.2) is 39.0 Å². The lowest BCUT2D eigenvalue weighted by Crippen LogP contribution is -2.46. The highest BCUT2D eigenvalue weighted by molar-refractivity contribution is 7.89.